The van der Waals surface area contributed by atoms with Crippen molar-refractivity contribution >= 4 is 18.1 Å². The highest BCUT2D eigenvalue weighted by atomic mass is 16.4. The molecule has 1 rings (SSSR count). The number of aliphatic carboxylic acids is 1. The molecule has 0 saturated heterocycles. The van der Waals surface area contributed by atoms with Crippen LogP contribution in [0.3, 0.4) is 0 Å². The van der Waals surface area contributed by atoms with Crippen LogP contribution in [0.4, 0.5) is 0 Å². The summed E-state index contributed by atoms with van der Waals surface area (Å²) in [4.78, 5) is 48.5. The van der Waals surface area contributed by atoms with Gasteiger partial charge < -0.3 is 15.9 Å². The first-order chi connectivity index (χ1) is 9.66. The van der Waals surface area contributed by atoms with Gasteiger partial charge in [0.25, 0.3) is 5.56 Å². The van der Waals surface area contributed by atoms with Crippen LogP contribution in [0.1, 0.15) is 12.0 Å². The Morgan fingerprint density at radius 2 is 1.90 bits per heavy atom. The highest BCUT2D eigenvalue weighted by Gasteiger charge is 2.19. The minimum Gasteiger partial charge on any atom is -0.494 e. The molecule has 0 aliphatic heterocycles. The number of carbonyl (C=O) groups excluding carboxylic acids is 1. The molecule has 0 aliphatic carbocycles. The number of nitrogens with two attached hydrogens (primary N) is 1. The molecular weight excluding hydrogens is 284 g/mol. The number of nitrogens with zero attached hydrogens (tertiary/aromatic N) is 3. The van der Waals surface area contributed by atoms with Crippen molar-refractivity contribution < 1.29 is 19.8 Å². The first kappa shape index (κ1) is 16.1. The van der Waals surface area contributed by atoms with E-state index in [0.717, 1.165) is 15.3 Å². The van der Waals surface area contributed by atoms with Crippen molar-refractivity contribution in [3.63, 3.8) is 0 Å². The summed E-state index contributed by atoms with van der Waals surface area (Å²) in [5.74, 6) is -2.95. The van der Waals surface area contributed by atoms with E-state index in [2.05, 4.69) is 4.99 Å². The minimum absolute atomic E-state index is 0.365. The number of aromatic hydroxyl groups is 1. The standard InChI is InChI=1S/C11H14N4O6/c1-14-8(17)5(9(18)15(2)11(14)21)4-13-6(10(19)20)3-7(12)16/h4,6,17H,3H2,1-2H3,(H2,12,16)(H,19,20)/t6-/m1/s1. The lowest BCUT2D eigenvalue weighted by molar-refractivity contribution is -0.140. The molecule has 0 aromatic carbocycles. The number of aromatic nitrogens is 2. The van der Waals surface area contributed by atoms with Gasteiger partial charge in [0.1, 0.15) is 5.56 Å². The van der Waals surface area contributed by atoms with Crippen LogP contribution in [0.15, 0.2) is 14.6 Å². The fraction of sp³-hybridized carbons (Fsp3) is 0.364. The third-order valence-corrected chi connectivity index (χ3v) is 2.73. The highest BCUT2D eigenvalue weighted by Crippen LogP contribution is 2.07. The molecule has 4 N–H and O–H groups in total. The Balaban J connectivity index is 3.33. The Morgan fingerprint density at radius 1 is 1.33 bits per heavy atom. The predicted molar refractivity (Wildman–Crippen MR) is 71.4 cm³/mol. The largest absolute Gasteiger partial charge is 0.494 e. The Morgan fingerprint density at radius 3 is 2.38 bits per heavy atom. The molecule has 10 heteroatoms. The molecule has 0 bridgehead atoms. The summed E-state index contributed by atoms with van der Waals surface area (Å²) in [5, 5.41) is 18.6. The second kappa shape index (κ2) is 6.03. The van der Waals surface area contributed by atoms with E-state index in [1.165, 1.54) is 14.1 Å². The fourth-order valence-electron chi connectivity index (χ4n) is 1.53. The monoisotopic (exact) mass is 298 g/mol. The van der Waals surface area contributed by atoms with E-state index in [4.69, 9.17) is 10.8 Å². The van der Waals surface area contributed by atoms with Gasteiger partial charge in [0.2, 0.25) is 11.8 Å². The average Bonchev–Trinajstić information content (AvgIpc) is 2.41. The van der Waals surface area contributed by atoms with Crippen LogP contribution in [-0.2, 0) is 23.7 Å². The smallest absolute Gasteiger partial charge is 0.333 e. The number of aliphatic imine (C=N–C) groups is 1. The summed E-state index contributed by atoms with van der Waals surface area (Å²) in [7, 11) is 2.42. The van der Waals surface area contributed by atoms with E-state index in [1.54, 1.807) is 0 Å². The number of amides is 1. The highest BCUT2D eigenvalue weighted by molar-refractivity contribution is 5.88. The van der Waals surface area contributed by atoms with Gasteiger partial charge in [-0.2, -0.15) is 0 Å². The molecule has 0 saturated carbocycles. The molecule has 1 atom stereocenters. The maximum absolute atomic E-state index is 11.8. The van der Waals surface area contributed by atoms with Crippen LogP contribution in [0.5, 0.6) is 5.88 Å². The topological polar surface area (TPSA) is 157 Å². The van der Waals surface area contributed by atoms with Gasteiger partial charge in [0.15, 0.2) is 6.04 Å². The third-order valence-electron chi connectivity index (χ3n) is 2.73. The summed E-state index contributed by atoms with van der Waals surface area (Å²) < 4.78 is 1.53. The Bertz CT molecular complexity index is 729. The summed E-state index contributed by atoms with van der Waals surface area (Å²) in [6.45, 7) is 0. The lowest BCUT2D eigenvalue weighted by Gasteiger charge is -2.08. The number of hydrogen-bond donors (Lipinski definition) is 3. The van der Waals surface area contributed by atoms with Crippen molar-refractivity contribution in [3.05, 3.63) is 26.4 Å². The summed E-state index contributed by atoms with van der Waals surface area (Å²) in [6.07, 6.45) is 0.248. The van der Waals surface area contributed by atoms with E-state index in [1.807, 2.05) is 0 Å². The second-order valence-corrected chi connectivity index (χ2v) is 4.25. The molecule has 1 amide bonds. The molecule has 1 aromatic rings. The van der Waals surface area contributed by atoms with Gasteiger partial charge in [-0.05, 0) is 0 Å². The van der Waals surface area contributed by atoms with Gasteiger partial charge in [-0.25, -0.2) is 9.59 Å². The summed E-state index contributed by atoms with van der Waals surface area (Å²) in [5.41, 5.74) is 2.93. The normalized spacial score (nSPS) is 12.5. The first-order valence-corrected chi connectivity index (χ1v) is 5.70. The SMILES string of the molecule is Cn1c(O)c(C=N[C@H](CC(N)=O)C(=O)O)c(=O)n(C)c1=O. The molecule has 10 nitrogen and oxygen atoms in total. The van der Waals surface area contributed by atoms with Gasteiger partial charge in [0, 0.05) is 20.3 Å². The molecule has 0 fully saturated rings. The first-order valence-electron chi connectivity index (χ1n) is 5.70. The molecule has 0 unspecified atom stereocenters. The van der Waals surface area contributed by atoms with Gasteiger partial charge in [0.05, 0.1) is 6.42 Å². The average molecular weight is 298 g/mol. The molecule has 0 radical (unpaired) electrons. The van der Waals surface area contributed by atoms with E-state index in [-0.39, 0.29) is 5.56 Å². The van der Waals surface area contributed by atoms with Crippen LogP contribution in [0.2, 0.25) is 0 Å². The van der Waals surface area contributed by atoms with Gasteiger partial charge in [-0.15, -0.1) is 0 Å². The molecular formula is C11H14N4O6. The number of hydrogen-bond acceptors (Lipinski definition) is 6. The van der Waals surface area contributed by atoms with Crippen molar-refractivity contribution in [3.8, 4) is 5.88 Å². The maximum Gasteiger partial charge on any atom is 0.333 e. The third kappa shape index (κ3) is 3.35. The maximum atomic E-state index is 11.8. The van der Waals surface area contributed by atoms with E-state index < -0.39 is 41.5 Å². The lowest BCUT2D eigenvalue weighted by atomic mass is 10.2. The minimum atomic E-state index is -1.48. The zero-order chi connectivity index (χ0) is 16.3. The number of rotatable bonds is 5. The van der Waals surface area contributed by atoms with E-state index in [9.17, 15) is 24.3 Å². The number of carboxylic acid groups (broad SMARTS) is 1. The van der Waals surface area contributed by atoms with Gasteiger partial charge in [-0.3, -0.25) is 23.7 Å². The number of carbonyl (C=O) groups is 2. The number of carboxylic acids is 1. The second-order valence-electron chi connectivity index (χ2n) is 4.25. The molecule has 0 spiro atoms. The van der Waals surface area contributed by atoms with Crippen molar-refractivity contribution in [2.75, 3.05) is 0 Å². The molecule has 114 valence electrons. The Kier molecular flexibility index (Phi) is 4.64. The predicted octanol–water partition coefficient (Wildman–Crippen LogP) is -2.46. The summed E-state index contributed by atoms with van der Waals surface area (Å²) >= 11 is 0. The van der Waals surface area contributed by atoms with Crippen molar-refractivity contribution in [1.82, 2.24) is 9.13 Å². The zero-order valence-corrected chi connectivity index (χ0v) is 11.3. The Labute approximate surface area is 117 Å². The molecule has 1 heterocycles. The van der Waals surface area contributed by atoms with Crippen molar-refractivity contribution in [2.24, 2.45) is 24.8 Å². The van der Waals surface area contributed by atoms with Gasteiger partial charge in [-0.1, -0.05) is 0 Å². The van der Waals surface area contributed by atoms with Crippen LogP contribution in [-0.4, -0.2) is 43.5 Å². The van der Waals surface area contributed by atoms with Crippen LogP contribution < -0.4 is 17.0 Å². The molecule has 1 aromatic heterocycles. The van der Waals surface area contributed by atoms with Crippen LogP contribution in [0.25, 0.3) is 0 Å². The van der Waals surface area contributed by atoms with Crippen molar-refractivity contribution in [1.29, 1.82) is 0 Å². The van der Waals surface area contributed by atoms with Gasteiger partial charge >= 0.3 is 11.7 Å². The summed E-state index contributed by atoms with van der Waals surface area (Å²) in [6, 6.07) is -1.48. The fourth-order valence-corrected chi connectivity index (χ4v) is 1.53. The van der Waals surface area contributed by atoms with E-state index in [0.29, 0.717) is 0 Å². The Hall–Kier alpha value is -2.91. The van der Waals surface area contributed by atoms with E-state index >= 15 is 0 Å². The zero-order valence-electron chi connectivity index (χ0n) is 11.3. The lowest BCUT2D eigenvalue weighted by Crippen LogP contribution is -2.38. The molecule has 0 aliphatic rings. The van der Waals surface area contributed by atoms with Crippen LogP contribution >= 0.6 is 0 Å². The number of primary amides is 1. The van der Waals surface area contributed by atoms with Crippen LogP contribution in [0, 0.1) is 0 Å². The van der Waals surface area contributed by atoms with Crippen molar-refractivity contribution in [2.45, 2.75) is 12.5 Å². The molecule has 21 heavy (non-hydrogen) atoms. The quantitative estimate of drug-likeness (QED) is 0.511.